The van der Waals surface area contributed by atoms with Crippen molar-refractivity contribution in [2.45, 2.75) is 19.3 Å². The van der Waals surface area contributed by atoms with Crippen molar-refractivity contribution in [1.82, 2.24) is 9.78 Å². The van der Waals surface area contributed by atoms with Gasteiger partial charge in [-0.2, -0.15) is 4.68 Å². The van der Waals surface area contributed by atoms with Crippen molar-refractivity contribution in [2.75, 3.05) is 6.61 Å². The van der Waals surface area contributed by atoms with Crippen LogP contribution in [0.4, 0.5) is 8.78 Å². The average molecular weight is 346 g/mol. The number of hydrogen-bond acceptors (Lipinski definition) is 4. The van der Waals surface area contributed by atoms with Crippen LogP contribution in [0.15, 0.2) is 57.7 Å². The lowest BCUT2D eigenvalue weighted by molar-refractivity contribution is 0.220. The van der Waals surface area contributed by atoms with E-state index in [-0.39, 0.29) is 17.6 Å². The molecule has 0 saturated heterocycles. The zero-order valence-corrected chi connectivity index (χ0v) is 13.3. The normalized spacial score (nSPS) is 10.8. The topological polar surface area (TPSA) is 57.3 Å². The van der Waals surface area contributed by atoms with E-state index in [1.54, 1.807) is 18.2 Å². The molecule has 130 valence electrons. The third kappa shape index (κ3) is 4.32. The number of halogens is 2. The fourth-order valence-electron chi connectivity index (χ4n) is 2.34. The fourth-order valence-corrected chi connectivity index (χ4v) is 2.34. The molecule has 0 unspecified atom stereocenters. The third-order valence-corrected chi connectivity index (χ3v) is 3.61. The van der Waals surface area contributed by atoms with Crippen molar-refractivity contribution in [3.63, 3.8) is 0 Å². The number of aromatic nitrogens is 2. The van der Waals surface area contributed by atoms with E-state index in [4.69, 9.17) is 9.15 Å². The highest BCUT2D eigenvalue weighted by Gasteiger charge is 2.13. The van der Waals surface area contributed by atoms with E-state index in [1.807, 2.05) is 0 Å². The van der Waals surface area contributed by atoms with Crippen molar-refractivity contribution < 1.29 is 17.9 Å². The van der Waals surface area contributed by atoms with Crippen molar-refractivity contribution in [3.8, 4) is 11.8 Å². The molecule has 5 nitrogen and oxygen atoms in total. The first-order chi connectivity index (χ1) is 12.1. The first-order valence-electron chi connectivity index (χ1n) is 7.86. The second-order valence-corrected chi connectivity index (χ2v) is 5.43. The second-order valence-electron chi connectivity index (χ2n) is 5.43. The summed E-state index contributed by atoms with van der Waals surface area (Å²) in [5.41, 5.74) is 1.04. The quantitative estimate of drug-likeness (QED) is 0.615. The van der Waals surface area contributed by atoms with E-state index in [1.165, 1.54) is 30.3 Å². The van der Waals surface area contributed by atoms with E-state index >= 15 is 0 Å². The largest absolute Gasteiger partial charge is 0.449 e. The maximum Gasteiger partial charge on any atom is 0.444 e. The maximum absolute atomic E-state index is 13.7. The van der Waals surface area contributed by atoms with Gasteiger partial charge in [-0.15, -0.1) is 0 Å². The van der Waals surface area contributed by atoms with Crippen LogP contribution in [0.5, 0.6) is 6.08 Å². The van der Waals surface area contributed by atoms with Crippen molar-refractivity contribution >= 4 is 0 Å². The predicted molar refractivity (Wildman–Crippen MR) is 86.9 cm³/mol. The number of unbranched alkanes of at least 4 members (excludes halogenated alkanes) is 1. The molecule has 0 radical (unpaired) electrons. The minimum Gasteiger partial charge on any atom is -0.449 e. The van der Waals surface area contributed by atoms with Gasteiger partial charge < -0.3 is 9.15 Å². The summed E-state index contributed by atoms with van der Waals surface area (Å²) >= 11 is 0. The summed E-state index contributed by atoms with van der Waals surface area (Å²) < 4.78 is 37.5. The summed E-state index contributed by atoms with van der Waals surface area (Å²) in [5, 5.41) is 3.84. The molecule has 2 aromatic carbocycles. The Bertz CT molecular complexity index is 888. The van der Waals surface area contributed by atoms with Crippen LogP contribution < -0.4 is 10.5 Å². The van der Waals surface area contributed by atoms with Gasteiger partial charge in [0.15, 0.2) is 0 Å². The van der Waals surface area contributed by atoms with Crippen LogP contribution in [0.3, 0.4) is 0 Å². The van der Waals surface area contributed by atoms with Crippen molar-refractivity contribution in [3.05, 3.63) is 76.3 Å². The van der Waals surface area contributed by atoms with E-state index in [2.05, 4.69) is 5.10 Å². The fraction of sp³-hybridized carbons (Fsp3) is 0.222. The summed E-state index contributed by atoms with van der Waals surface area (Å²) in [6.07, 6.45) is 2.12. The van der Waals surface area contributed by atoms with Gasteiger partial charge >= 0.3 is 11.8 Å². The van der Waals surface area contributed by atoms with E-state index in [0.717, 1.165) is 23.1 Å². The number of ether oxygens (including phenoxy) is 1. The van der Waals surface area contributed by atoms with Crippen molar-refractivity contribution in [2.24, 2.45) is 0 Å². The van der Waals surface area contributed by atoms with E-state index in [9.17, 15) is 13.6 Å². The summed E-state index contributed by atoms with van der Waals surface area (Å²) in [6, 6.07) is 12.1. The van der Waals surface area contributed by atoms with Gasteiger partial charge in [-0.3, -0.25) is 0 Å². The van der Waals surface area contributed by atoms with Gasteiger partial charge in [0.05, 0.1) is 6.61 Å². The molecule has 0 bridgehead atoms. The average Bonchev–Trinajstić information content (AvgIpc) is 2.97. The van der Waals surface area contributed by atoms with E-state index in [0.29, 0.717) is 13.0 Å². The molecular weight excluding hydrogens is 330 g/mol. The Morgan fingerprint density at radius 2 is 1.80 bits per heavy atom. The van der Waals surface area contributed by atoms with Crippen LogP contribution in [0.1, 0.15) is 18.4 Å². The molecule has 0 aliphatic rings. The molecule has 1 heterocycles. The van der Waals surface area contributed by atoms with Gasteiger partial charge in [-0.05, 0) is 49.1 Å². The highest BCUT2D eigenvalue weighted by molar-refractivity contribution is 5.31. The molecular formula is C18H16F2N2O3. The zero-order valence-electron chi connectivity index (χ0n) is 13.3. The minimum atomic E-state index is -0.814. The molecule has 1 aromatic heterocycles. The second kappa shape index (κ2) is 7.74. The highest BCUT2D eigenvalue weighted by Crippen LogP contribution is 2.13. The minimum absolute atomic E-state index is 0.00223. The number of para-hydroxylation sites is 1. The van der Waals surface area contributed by atoms with Gasteiger partial charge in [0.1, 0.15) is 17.3 Å². The molecule has 0 aliphatic carbocycles. The summed E-state index contributed by atoms with van der Waals surface area (Å²) in [5.74, 6) is -1.65. The maximum atomic E-state index is 13.7. The number of benzene rings is 2. The molecule has 0 atom stereocenters. The molecule has 0 fully saturated rings. The third-order valence-electron chi connectivity index (χ3n) is 3.61. The highest BCUT2D eigenvalue weighted by atomic mass is 19.1. The molecule has 3 aromatic rings. The molecule has 3 rings (SSSR count). The Balaban J connectivity index is 1.51. The van der Waals surface area contributed by atoms with Crippen LogP contribution >= 0.6 is 0 Å². The van der Waals surface area contributed by atoms with Gasteiger partial charge in [-0.25, -0.2) is 13.6 Å². The Hall–Kier alpha value is -2.96. The number of aryl methyl sites for hydroxylation is 1. The molecule has 25 heavy (non-hydrogen) atoms. The number of hydrogen-bond donors (Lipinski definition) is 0. The monoisotopic (exact) mass is 346 g/mol. The molecule has 0 saturated carbocycles. The summed E-state index contributed by atoms with van der Waals surface area (Å²) in [4.78, 5) is 11.8. The Kier molecular flexibility index (Phi) is 5.23. The Labute approximate surface area is 142 Å². The first-order valence-corrected chi connectivity index (χ1v) is 7.86. The van der Waals surface area contributed by atoms with Crippen LogP contribution in [-0.4, -0.2) is 16.4 Å². The zero-order chi connectivity index (χ0) is 17.6. The molecule has 0 amide bonds. The lowest BCUT2D eigenvalue weighted by Gasteiger charge is -2.02. The number of nitrogens with zero attached hydrogens (tertiary/aromatic N) is 2. The molecule has 0 aliphatic heterocycles. The smallest absolute Gasteiger partial charge is 0.444 e. The Morgan fingerprint density at radius 1 is 1.04 bits per heavy atom. The lowest BCUT2D eigenvalue weighted by atomic mass is 10.1. The first kappa shape index (κ1) is 16.9. The predicted octanol–water partition coefficient (Wildman–Crippen LogP) is 3.51. The van der Waals surface area contributed by atoms with Gasteiger partial charge in [-0.1, -0.05) is 29.4 Å². The van der Waals surface area contributed by atoms with Gasteiger partial charge in [0, 0.05) is 0 Å². The summed E-state index contributed by atoms with van der Waals surface area (Å²) in [6.45, 7) is 0.304. The standard InChI is InChI=1S/C18H16F2N2O3/c19-14-10-8-13(9-11-14)5-3-4-12-24-17-21-22(18(23)25-17)16-7-2-1-6-15(16)20/h1-2,6-11H,3-5,12H2. The molecule has 7 heteroatoms. The Morgan fingerprint density at radius 3 is 2.56 bits per heavy atom. The summed E-state index contributed by atoms with van der Waals surface area (Å²) in [7, 11) is 0. The van der Waals surface area contributed by atoms with Crippen molar-refractivity contribution in [1.29, 1.82) is 0 Å². The number of rotatable bonds is 7. The van der Waals surface area contributed by atoms with Crippen LogP contribution in [0.25, 0.3) is 5.69 Å². The van der Waals surface area contributed by atoms with Crippen LogP contribution in [-0.2, 0) is 6.42 Å². The van der Waals surface area contributed by atoms with E-state index < -0.39 is 11.6 Å². The van der Waals surface area contributed by atoms with Crippen LogP contribution in [0.2, 0.25) is 0 Å². The lowest BCUT2D eigenvalue weighted by Crippen LogP contribution is -2.14. The van der Waals surface area contributed by atoms with Gasteiger partial charge in [0.2, 0.25) is 0 Å². The van der Waals surface area contributed by atoms with Crippen LogP contribution in [0, 0.1) is 11.6 Å². The molecule has 0 spiro atoms. The van der Waals surface area contributed by atoms with Gasteiger partial charge in [0.25, 0.3) is 0 Å². The SMILES string of the molecule is O=c1oc(OCCCCc2ccc(F)cc2)nn1-c1ccccc1F. The molecule has 0 N–H and O–H groups in total.